The Kier molecular flexibility index (Phi) is 5.31. The molecule has 0 aliphatic heterocycles. The second kappa shape index (κ2) is 7.41. The lowest BCUT2D eigenvalue weighted by Crippen LogP contribution is -2.30. The number of benzene rings is 2. The first kappa shape index (κ1) is 15.8. The Balaban J connectivity index is 2.09. The van der Waals surface area contributed by atoms with E-state index in [-0.39, 0.29) is 0 Å². The van der Waals surface area contributed by atoms with Crippen molar-refractivity contribution in [1.82, 2.24) is 0 Å². The Bertz CT molecular complexity index is 652. The molecular weight excluding hydrogens is 278 g/mol. The van der Waals surface area contributed by atoms with E-state index in [2.05, 4.69) is 12.1 Å². The molecule has 0 spiro atoms. The molecule has 1 amide bonds. The lowest BCUT2D eigenvalue weighted by atomic mass is 10.00. The van der Waals surface area contributed by atoms with E-state index < -0.39 is 18.0 Å². The fourth-order valence-corrected chi connectivity index (χ4v) is 2.14. The predicted molar refractivity (Wildman–Crippen MR) is 84.4 cm³/mol. The van der Waals surface area contributed by atoms with Gasteiger partial charge in [-0.05, 0) is 37.0 Å². The zero-order valence-corrected chi connectivity index (χ0v) is 12.5. The molecule has 4 heteroatoms. The lowest BCUT2D eigenvalue weighted by molar-refractivity contribution is -0.125. The van der Waals surface area contributed by atoms with E-state index in [4.69, 9.17) is 10.5 Å². The van der Waals surface area contributed by atoms with Crippen LogP contribution >= 0.6 is 0 Å². The van der Waals surface area contributed by atoms with Crippen LogP contribution in [0.4, 0.5) is 0 Å². The van der Waals surface area contributed by atoms with Gasteiger partial charge in [-0.2, -0.15) is 0 Å². The van der Waals surface area contributed by atoms with Crippen molar-refractivity contribution in [3.63, 3.8) is 0 Å². The summed E-state index contributed by atoms with van der Waals surface area (Å²) >= 11 is 0. The van der Waals surface area contributed by atoms with Crippen LogP contribution < -0.4 is 5.73 Å². The highest BCUT2D eigenvalue weighted by atomic mass is 16.5. The minimum absolute atomic E-state index is 0.478. The minimum Gasteiger partial charge on any atom is -0.449 e. The van der Waals surface area contributed by atoms with Crippen molar-refractivity contribution < 1.29 is 14.3 Å². The summed E-state index contributed by atoms with van der Waals surface area (Å²) in [5.41, 5.74) is 7.70. The molecule has 1 atom stereocenters. The molecule has 0 unspecified atom stereocenters. The minimum atomic E-state index is -0.935. The first-order valence-corrected chi connectivity index (χ1v) is 7.20. The van der Waals surface area contributed by atoms with Gasteiger partial charge in [0.15, 0.2) is 6.10 Å². The predicted octanol–water partition coefficient (Wildman–Crippen LogP) is 2.50. The van der Waals surface area contributed by atoms with E-state index in [0.717, 1.165) is 18.4 Å². The molecule has 0 saturated heterocycles. The number of rotatable bonds is 6. The average Bonchev–Trinajstić information content (AvgIpc) is 2.54. The third kappa shape index (κ3) is 4.19. The molecule has 0 radical (unpaired) electrons. The number of hydrogen-bond acceptors (Lipinski definition) is 3. The van der Waals surface area contributed by atoms with Crippen molar-refractivity contribution in [3.05, 3.63) is 71.3 Å². The maximum Gasteiger partial charge on any atom is 0.339 e. The SMILES string of the molecule is C[C@@H](OC(=O)c1ccccc1CCc1ccccc1)C(N)=O. The van der Waals surface area contributed by atoms with Crippen molar-refractivity contribution >= 4 is 11.9 Å². The molecule has 0 fully saturated rings. The average molecular weight is 297 g/mol. The van der Waals surface area contributed by atoms with E-state index in [0.29, 0.717) is 5.56 Å². The van der Waals surface area contributed by atoms with Gasteiger partial charge in [0.1, 0.15) is 0 Å². The maximum atomic E-state index is 12.2. The first-order valence-electron chi connectivity index (χ1n) is 7.20. The fraction of sp³-hybridized carbons (Fsp3) is 0.222. The van der Waals surface area contributed by atoms with Crippen LogP contribution in [0.2, 0.25) is 0 Å². The summed E-state index contributed by atoms with van der Waals surface area (Å²) in [5.74, 6) is -1.18. The number of hydrogen-bond donors (Lipinski definition) is 1. The molecule has 0 bridgehead atoms. The highest BCUT2D eigenvalue weighted by Gasteiger charge is 2.18. The molecule has 22 heavy (non-hydrogen) atoms. The Morgan fingerprint density at radius 3 is 2.32 bits per heavy atom. The summed E-state index contributed by atoms with van der Waals surface area (Å²) in [4.78, 5) is 23.2. The number of carbonyl (C=O) groups is 2. The van der Waals surface area contributed by atoms with Crippen molar-refractivity contribution in [2.45, 2.75) is 25.9 Å². The molecule has 2 aromatic rings. The molecule has 0 heterocycles. The second-order valence-corrected chi connectivity index (χ2v) is 5.09. The molecular formula is C18H19NO3. The summed E-state index contributed by atoms with van der Waals surface area (Å²) in [6.07, 6.45) is 0.617. The molecule has 2 rings (SSSR count). The van der Waals surface area contributed by atoms with Gasteiger partial charge >= 0.3 is 5.97 Å². The maximum absolute atomic E-state index is 12.2. The van der Waals surface area contributed by atoms with E-state index in [1.165, 1.54) is 12.5 Å². The molecule has 4 nitrogen and oxygen atoms in total. The monoisotopic (exact) mass is 297 g/mol. The topological polar surface area (TPSA) is 69.4 Å². The quantitative estimate of drug-likeness (QED) is 0.833. The van der Waals surface area contributed by atoms with Gasteiger partial charge in [0, 0.05) is 0 Å². The van der Waals surface area contributed by atoms with Gasteiger partial charge in [-0.1, -0.05) is 48.5 Å². The Hall–Kier alpha value is -2.62. The molecule has 0 aliphatic rings. The molecule has 2 N–H and O–H groups in total. The Morgan fingerprint density at radius 1 is 1.00 bits per heavy atom. The normalized spacial score (nSPS) is 11.7. The van der Waals surface area contributed by atoms with Gasteiger partial charge in [0.2, 0.25) is 0 Å². The molecule has 0 aliphatic carbocycles. The van der Waals surface area contributed by atoms with Gasteiger partial charge in [-0.15, -0.1) is 0 Å². The van der Waals surface area contributed by atoms with Crippen LogP contribution in [0.3, 0.4) is 0 Å². The smallest absolute Gasteiger partial charge is 0.339 e. The number of carbonyl (C=O) groups excluding carboxylic acids is 2. The third-order valence-electron chi connectivity index (χ3n) is 3.45. The highest BCUT2D eigenvalue weighted by Crippen LogP contribution is 2.14. The standard InChI is InChI=1S/C18H19NO3/c1-13(17(19)20)22-18(21)16-10-6-5-9-15(16)12-11-14-7-3-2-4-8-14/h2-10,13H,11-12H2,1H3,(H2,19,20)/t13-/m1/s1. The number of amides is 1. The van der Waals surface area contributed by atoms with Crippen molar-refractivity contribution in [2.24, 2.45) is 5.73 Å². The molecule has 2 aromatic carbocycles. The second-order valence-electron chi connectivity index (χ2n) is 5.09. The summed E-state index contributed by atoms with van der Waals surface area (Å²) < 4.78 is 5.08. The lowest BCUT2D eigenvalue weighted by Gasteiger charge is -2.12. The zero-order valence-electron chi connectivity index (χ0n) is 12.5. The van der Waals surface area contributed by atoms with Crippen molar-refractivity contribution in [3.8, 4) is 0 Å². The number of nitrogens with two attached hydrogens (primary N) is 1. The van der Waals surface area contributed by atoms with Crippen LogP contribution in [0.5, 0.6) is 0 Å². The number of primary amides is 1. The van der Waals surface area contributed by atoms with Gasteiger partial charge in [0.25, 0.3) is 5.91 Å². The fourth-order valence-electron chi connectivity index (χ4n) is 2.14. The Morgan fingerprint density at radius 2 is 1.64 bits per heavy atom. The van der Waals surface area contributed by atoms with Gasteiger partial charge in [-0.3, -0.25) is 4.79 Å². The molecule has 114 valence electrons. The van der Waals surface area contributed by atoms with Crippen LogP contribution in [0, 0.1) is 0 Å². The van der Waals surface area contributed by atoms with E-state index >= 15 is 0 Å². The van der Waals surface area contributed by atoms with Crippen molar-refractivity contribution in [2.75, 3.05) is 0 Å². The van der Waals surface area contributed by atoms with Crippen LogP contribution in [0.15, 0.2) is 54.6 Å². The summed E-state index contributed by atoms with van der Waals surface area (Å²) in [7, 11) is 0. The summed E-state index contributed by atoms with van der Waals surface area (Å²) in [5, 5.41) is 0. The van der Waals surface area contributed by atoms with E-state index in [9.17, 15) is 9.59 Å². The largest absolute Gasteiger partial charge is 0.449 e. The van der Waals surface area contributed by atoms with E-state index in [1.807, 2.05) is 30.3 Å². The van der Waals surface area contributed by atoms with Crippen molar-refractivity contribution in [1.29, 1.82) is 0 Å². The van der Waals surface area contributed by atoms with Gasteiger partial charge in [-0.25, -0.2) is 4.79 Å². The van der Waals surface area contributed by atoms with Crippen LogP contribution in [0.25, 0.3) is 0 Å². The summed E-state index contributed by atoms with van der Waals surface area (Å²) in [6.45, 7) is 1.47. The van der Waals surface area contributed by atoms with Gasteiger partial charge < -0.3 is 10.5 Å². The van der Waals surface area contributed by atoms with Crippen LogP contribution in [-0.4, -0.2) is 18.0 Å². The highest BCUT2D eigenvalue weighted by molar-refractivity contribution is 5.93. The summed E-state index contributed by atoms with van der Waals surface area (Å²) in [6, 6.07) is 17.3. The van der Waals surface area contributed by atoms with Crippen LogP contribution in [-0.2, 0) is 22.4 Å². The van der Waals surface area contributed by atoms with Crippen LogP contribution in [0.1, 0.15) is 28.4 Å². The number of ether oxygens (including phenoxy) is 1. The zero-order chi connectivity index (χ0) is 15.9. The van der Waals surface area contributed by atoms with Gasteiger partial charge in [0.05, 0.1) is 5.56 Å². The number of esters is 1. The molecule has 0 aromatic heterocycles. The molecule has 0 saturated carbocycles. The third-order valence-corrected chi connectivity index (χ3v) is 3.45. The Labute approximate surface area is 129 Å². The first-order chi connectivity index (χ1) is 10.6. The van der Waals surface area contributed by atoms with E-state index in [1.54, 1.807) is 12.1 Å². The number of aryl methyl sites for hydroxylation is 2.